The summed E-state index contributed by atoms with van der Waals surface area (Å²) in [6.45, 7) is 6.67. The molecule has 18 heavy (non-hydrogen) atoms. The molecule has 3 N–H and O–H groups in total. The number of nitrogens with one attached hydrogen (secondary N) is 1. The summed E-state index contributed by atoms with van der Waals surface area (Å²) in [5.41, 5.74) is 2.52. The molecule has 0 saturated heterocycles. The molecule has 0 aliphatic rings. The molecule has 102 valence electrons. The SMILES string of the molecule is CCN(CC)CCC(NN)c1c(F)cccc1F. The zero-order valence-electron chi connectivity index (χ0n) is 10.9. The molecule has 0 heterocycles. The van der Waals surface area contributed by atoms with Crippen LogP contribution in [0.1, 0.15) is 31.9 Å². The van der Waals surface area contributed by atoms with Gasteiger partial charge in [0, 0.05) is 5.56 Å². The lowest BCUT2D eigenvalue weighted by atomic mass is 10.0. The van der Waals surface area contributed by atoms with Gasteiger partial charge in [-0.25, -0.2) is 8.78 Å². The molecule has 1 aromatic carbocycles. The molecule has 0 fully saturated rings. The second-order valence-electron chi connectivity index (χ2n) is 4.17. The number of hydrogen-bond acceptors (Lipinski definition) is 3. The predicted octanol–water partition coefficient (Wildman–Crippen LogP) is 2.20. The van der Waals surface area contributed by atoms with Crippen LogP contribution in [0.25, 0.3) is 0 Å². The van der Waals surface area contributed by atoms with Crippen molar-refractivity contribution in [2.75, 3.05) is 19.6 Å². The van der Waals surface area contributed by atoms with Crippen LogP contribution in [-0.4, -0.2) is 24.5 Å². The molecule has 1 rings (SSSR count). The summed E-state index contributed by atoms with van der Waals surface area (Å²) < 4.78 is 27.3. The Balaban J connectivity index is 2.77. The van der Waals surface area contributed by atoms with Crippen molar-refractivity contribution < 1.29 is 8.78 Å². The van der Waals surface area contributed by atoms with Gasteiger partial charge in [0.2, 0.25) is 0 Å². The average molecular weight is 257 g/mol. The standard InChI is InChI=1S/C13H21F2N3/c1-3-18(4-2)9-8-12(17-16)13-10(14)6-5-7-11(13)15/h5-7,12,17H,3-4,8-9,16H2,1-2H3. The lowest BCUT2D eigenvalue weighted by Gasteiger charge is -2.23. The van der Waals surface area contributed by atoms with Crippen molar-refractivity contribution in [2.45, 2.75) is 26.3 Å². The van der Waals surface area contributed by atoms with Gasteiger partial charge in [-0.3, -0.25) is 11.3 Å². The van der Waals surface area contributed by atoms with E-state index >= 15 is 0 Å². The summed E-state index contributed by atoms with van der Waals surface area (Å²) in [6, 6.07) is 3.35. The summed E-state index contributed by atoms with van der Waals surface area (Å²) in [4.78, 5) is 2.18. The fourth-order valence-corrected chi connectivity index (χ4v) is 2.01. The van der Waals surface area contributed by atoms with Crippen molar-refractivity contribution in [3.8, 4) is 0 Å². The first-order chi connectivity index (χ1) is 8.63. The Hall–Kier alpha value is -1.04. The Morgan fingerprint density at radius 2 is 1.78 bits per heavy atom. The van der Waals surface area contributed by atoms with E-state index in [-0.39, 0.29) is 5.56 Å². The summed E-state index contributed by atoms with van der Waals surface area (Å²) in [5, 5.41) is 0. The fraction of sp³-hybridized carbons (Fsp3) is 0.538. The number of nitrogens with zero attached hydrogens (tertiary/aromatic N) is 1. The third-order valence-corrected chi connectivity index (χ3v) is 3.18. The molecule has 0 amide bonds. The average Bonchev–Trinajstić information content (AvgIpc) is 2.37. The van der Waals surface area contributed by atoms with Gasteiger partial charge in [-0.05, 0) is 38.2 Å². The highest BCUT2D eigenvalue weighted by atomic mass is 19.1. The minimum absolute atomic E-state index is 0.0205. The number of halogens is 2. The lowest BCUT2D eigenvalue weighted by molar-refractivity contribution is 0.279. The molecular weight excluding hydrogens is 236 g/mol. The first-order valence-corrected chi connectivity index (χ1v) is 6.26. The van der Waals surface area contributed by atoms with E-state index < -0.39 is 17.7 Å². The minimum atomic E-state index is -0.558. The zero-order valence-corrected chi connectivity index (χ0v) is 10.9. The Bertz CT molecular complexity index is 347. The largest absolute Gasteiger partial charge is 0.304 e. The maximum absolute atomic E-state index is 13.6. The summed E-state index contributed by atoms with van der Waals surface area (Å²) in [7, 11) is 0. The summed E-state index contributed by atoms with van der Waals surface area (Å²) in [6.07, 6.45) is 0.566. The van der Waals surface area contributed by atoms with E-state index in [1.54, 1.807) is 0 Å². The Morgan fingerprint density at radius 1 is 1.22 bits per heavy atom. The van der Waals surface area contributed by atoms with Gasteiger partial charge in [0.15, 0.2) is 0 Å². The van der Waals surface area contributed by atoms with Crippen molar-refractivity contribution in [3.05, 3.63) is 35.4 Å². The third kappa shape index (κ3) is 3.73. The summed E-state index contributed by atoms with van der Waals surface area (Å²) >= 11 is 0. The molecule has 0 aliphatic heterocycles. The number of rotatable bonds is 7. The van der Waals surface area contributed by atoms with Gasteiger partial charge in [0.05, 0.1) is 6.04 Å². The van der Waals surface area contributed by atoms with E-state index in [2.05, 4.69) is 24.2 Å². The molecule has 1 aromatic rings. The number of hydrogen-bond donors (Lipinski definition) is 2. The van der Waals surface area contributed by atoms with Crippen molar-refractivity contribution in [1.29, 1.82) is 0 Å². The van der Waals surface area contributed by atoms with E-state index in [1.165, 1.54) is 18.2 Å². The monoisotopic (exact) mass is 257 g/mol. The van der Waals surface area contributed by atoms with Crippen molar-refractivity contribution in [3.63, 3.8) is 0 Å². The maximum atomic E-state index is 13.6. The molecule has 1 unspecified atom stereocenters. The normalized spacial score (nSPS) is 13.0. The topological polar surface area (TPSA) is 41.3 Å². The highest BCUT2D eigenvalue weighted by molar-refractivity contribution is 5.23. The predicted molar refractivity (Wildman–Crippen MR) is 68.8 cm³/mol. The number of nitrogens with two attached hydrogens (primary N) is 1. The molecule has 0 saturated carbocycles. The van der Waals surface area contributed by atoms with Gasteiger partial charge < -0.3 is 4.90 Å². The Labute approximate surface area is 107 Å². The van der Waals surface area contributed by atoms with Crippen LogP contribution in [0, 0.1) is 11.6 Å². The van der Waals surface area contributed by atoms with Crippen LogP contribution in [0.15, 0.2) is 18.2 Å². The first-order valence-electron chi connectivity index (χ1n) is 6.26. The Morgan fingerprint density at radius 3 is 2.22 bits per heavy atom. The van der Waals surface area contributed by atoms with E-state index in [1.807, 2.05) is 0 Å². The van der Waals surface area contributed by atoms with Crippen LogP contribution in [0.4, 0.5) is 8.78 Å². The van der Waals surface area contributed by atoms with Crippen LogP contribution < -0.4 is 11.3 Å². The molecule has 0 spiro atoms. The highest BCUT2D eigenvalue weighted by Crippen LogP contribution is 2.22. The smallest absolute Gasteiger partial charge is 0.130 e. The maximum Gasteiger partial charge on any atom is 0.130 e. The molecule has 1 atom stereocenters. The van der Waals surface area contributed by atoms with Gasteiger partial charge in [0.25, 0.3) is 0 Å². The first kappa shape index (κ1) is 15.0. The quantitative estimate of drug-likeness (QED) is 0.581. The highest BCUT2D eigenvalue weighted by Gasteiger charge is 2.19. The van der Waals surface area contributed by atoms with Gasteiger partial charge in [-0.2, -0.15) is 0 Å². The van der Waals surface area contributed by atoms with Crippen molar-refractivity contribution in [1.82, 2.24) is 10.3 Å². The van der Waals surface area contributed by atoms with Crippen LogP contribution >= 0.6 is 0 Å². The molecule has 0 bridgehead atoms. The van der Waals surface area contributed by atoms with Crippen LogP contribution in [0.5, 0.6) is 0 Å². The zero-order chi connectivity index (χ0) is 13.5. The third-order valence-electron chi connectivity index (χ3n) is 3.18. The van der Waals surface area contributed by atoms with Crippen LogP contribution in [-0.2, 0) is 0 Å². The molecule has 3 nitrogen and oxygen atoms in total. The van der Waals surface area contributed by atoms with E-state index in [9.17, 15) is 8.78 Å². The fourth-order valence-electron chi connectivity index (χ4n) is 2.01. The van der Waals surface area contributed by atoms with E-state index in [0.29, 0.717) is 6.42 Å². The second kappa shape index (κ2) is 7.41. The molecule has 0 aliphatic carbocycles. The van der Waals surface area contributed by atoms with Crippen LogP contribution in [0.3, 0.4) is 0 Å². The number of hydrazine groups is 1. The Kier molecular flexibility index (Phi) is 6.18. The number of benzene rings is 1. The summed E-state index contributed by atoms with van der Waals surface area (Å²) in [5.74, 6) is 4.29. The lowest BCUT2D eigenvalue weighted by Crippen LogP contribution is -2.33. The van der Waals surface area contributed by atoms with Gasteiger partial charge >= 0.3 is 0 Å². The van der Waals surface area contributed by atoms with Gasteiger partial charge in [-0.15, -0.1) is 0 Å². The van der Waals surface area contributed by atoms with Crippen molar-refractivity contribution >= 4 is 0 Å². The van der Waals surface area contributed by atoms with Gasteiger partial charge in [0.1, 0.15) is 11.6 Å². The molecule has 5 heteroatoms. The molecular formula is C13H21F2N3. The van der Waals surface area contributed by atoms with Gasteiger partial charge in [-0.1, -0.05) is 19.9 Å². The van der Waals surface area contributed by atoms with Crippen molar-refractivity contribution in [2.24, 2.45) is 5.84 Å². The van der Waals surface area contributed by atoms with E-state index in [0.717, 1.165) is 19.6 Å². The second-order valence-corrected chi connectivity index (χ2v) is 4.17. The minimum Gasteiger partial charge on any atom is -0.304 e. The van der Waals surface area contributed by atoms with Crippen LogP contribution in [0.2, 0.25) is 0 Å². The molecule has 0 radical (unpaired) electrons. The van der Waals surface area contributed by atoms with E-state index in [4.69, 9.17) is 5.84 Å². The molecule has 0 aromatic heterocycles.